The molecule has 0 aliphatic heterocycles. The number of aryl methyl sites for hydroxylation is 4. The summed E-state index contributed by atoms with van der Waals surface area (Å²) in [5, 5.41) is 4.69. The summed E-state index contributed by atoms with van der Waals surface area (Å²) in [6, 6.07) is 114. The van der Waals surface area contributed by atoms with Gasteiger partial charge in [-0.1, -0.05) is 279 Å². The zero-order valence-corrected chi connectivity index (χ0v) is 53.7. The lowest BCUT2D eigenvalue weighted by molar-refractivity contribution is 0.625. The summed E-state index contributed by atoms with van der Waals surface area (Å²) in [6.45, 7) is 17.2. The highest BCUT2D eigenvalue weighted by molar-refractivity contribution is 6.13. The lowest BCUT2D eigenvalue weighted by atomic mass is 9.67. The summed E-state index contributed by atoms with van der Waals surface area (Å²) in [4.78, 5) is 4.98. The third-order valence-electron chi connectivity index (χ3n) is 20.5. The summed E-state index contributed by atoms with van der Waals surface area (Å²) < 4.78 is 0. The minimum Gasteiger partial charge on any atom is -0.310 e. The molecule has 94 heavy (non-hydrogen) atoms. The maximum absolute atomic E-state index is 4.09. The molecule has 0 aromatic heterocycles. The third-order valence-corrected chi connectivity index (χ3v) is 20.5. The van der Waals surface area contributed by atoms with E-state index in [4.69, 9.17) is 0 Å². The molecule has 2 nitrogen and oxygen atoms in total. The molecule has 0 radical (unpaired) electrons. The number of nitrogens with zero attached hydrogens (tertiary/aromatic N) is 2. The molecule has 2 unspecified atom stereocenters. The average Bonchev–Trinajstić information content (AvgIpc) is 1.46. The van der Waals surface area contributed by atoms with Crippen LogP contribution in [0, 0.1) is 27.7 Å². The van der Waals surface area contributed by atoms with Crippen LogP contribution in [0.4, 0.5) is 34.1 Å². The van der Waals surface area contributed by atoms with E-state index in [0.29, 0.717) is 0 Å². The predicted molar refractivity (Wildman–Crippen MR) is 399 cm³/mol. The number of benzene rings is 14. The Morgan fingerprint density at radius 3 is 1.02 bits per heavy atom. The van der Waals surface area contributed by atoms with E-state index in [1.54, 1.807) is 0 Å². The van der Waals surface area contributed by atoms with Gasteiger partial charge in [-0.05, 0) is 212 Å². The summed E-state index contributed by atoms with van der Waals surface area (Å²) in [6.07, 6.45) is 5.45. The Kier molecular flexibility index (Phi) is 14.4. The van der Waals surface area contributed by atoms with Gasteiger partial charge in [-0.25, -0.2) is 0 Å². The van der Waals surface area contributed by atoms with Gasteiger partial charge in [0, 0.05) is 33.5 Å². The van der Waals surface area contributed by atoms with E-state index < -0.39 is 10.8 Å². The summed E-state index contributed by atoms with van der Waals surface area (Å²) in [5.41, 5.74) is 31.0. The van der Waals surface area contributed by atoms with Crippen molar-refractivity contribution in [3.8, 4) is 33.4 Å². The summed E-state index contributed by atoms with van der Waals surface area (Å²) >= 11 is 0. The number of anilines is 6. The van der Waals surface area contributed by atoms with Gasteiger partial charge in [0.2, 0.25) is 0 Å². The van der Waals surface area contributed by atoms with E-state index in [1.165, 1.54) is 111 Å². The van der Waals surface area contributed by atoms with Crippen LogP contribution in [0.1, 0.15) is 77.9 Å². The van der Waals surface area contributed by atoms with Crippen molar-refractivity contribution in [2.24, 2.45) is 0 Å². The molecule has 450 valence electrons. The first-order valence-corrected chi connectivity index (χ1v) is 32.9. The Morgan fingerprint density at radius 2 is 0.628 bits per heavy atom. The first-order valence-electron chi connectivity index (χ1n) is 32.9. The molecule has 0 saturated heterocycles. The highest BCUT2D eigenvalue weighted by atomic mass is 15.1. The average molecular weight is 1210 g/mol. The predicted octanol–water partition coefficient (Wildman–Crippen LogP) is 24.2. The molecule has 2 aliphatic rings. The van der Waals surface area contributed by atoms with Crippen LogP contribution in [0.15, 0.2) is 316 Å². The van der Waals surface area contributed by atoms with E-state index in [9.17, 15) is 0 Å². The quantitative estimate of drug-likeness (QED) is 0.101. The molecule has 0 spiro atoms. The number of fused-ring (bicyclic) bond motifs is 8. The molecule has 16 rings (SSSR count). The van der Waals surface area contributed by atoms with Crippen LogP contribution in [0.25, 0.3) is 67.1 Å². The molecule has 14 aromatic rings. The lowest BCUT2D eigenvalue weighted by Crippen LogP contribution is -2.31. The molecule has 14 aromatic carbocycles. The molecule has 0 amide bonds. The van der Waals surface area contributed by atoms with Crippen molar-refractivity contribution in [1.82, 2.24) is 0 Å². The van der Waals surface area contributed by atoms with Crippen molar-refractivity contribution >= 4 is 67.8 Å². The van der Waals surface area contributed by atoms with E-state index in [1.807, 2.05) is 12.2 Å². The SMILES string of the molecule is C=Cc1ccc(CC2(c3ccc(C)cc3C)c3ccccc3-c3ccc(N(c4ccccc4)c4ccc(-c5ccc(N(c6ccccc6)c6ccc7c(c6)C(Cc6ccc(C=C)cc6)(c6ccc(C)cc6C)c6ccccc6-7)c6ccccc56)c5ccccc45)cc32)cc1. The Hall–Kier alpha value is -11.3. The van der Waals surface area contributed by atoms with Gasteiger partial charge < -0.3 is 9.80 Å². The van der Waals surface area contributed by atoms with Gasteiger partial charge >= 0.3 is 0 Å². The molecule has 2 aliphatic carbocycles. The zero-order valence-electron chi connectivity index (χ0n) is 53.7. The van der Waals surface area contributed by atoms with Gasteiger partial charge in [-0.2, -0.15) is 0 Å². The smallest absolute Gasteiger partial charge is 0.0540 e. The van der Waals surface area contributed by atoms with Crippen molar-refractivity contribution in [1.29, 1.82) is 0 Å². The van der Waals surface area contributed by atoms with Gasteiger partial charge in [0.1, 0.15) is 0 Å². The molecule has 0 saturated carbocycles. The standard InChI is InChI=1S/C92H72N2/c1-7-65-37-41-67(42-38-65)59-91(83-51-35-61(3)55-63(83)5)85-33-21-19-29-77(85)79-47-45-71(57-87(79)91)93(69-23-11-9-12-24-69)89-53-49-75(73-27-15-17-31-81(73)89)76-50-54-90(82-32-18-16-28-74(76)82)94(70-25-13-10-14-26-70)72-46-48-80-78-30-20-22-34-86(78)92(88(80)58-72,84-52-36-62(4)56-64(84)6)60-68-43-39-66(8-2)40-44-68/h7-58H,1-2,59-60H2,3-6H3. The van der Waals surface area contributed by atoms with Gasteiger partial charge in [-0.15, -0.1) is 0 Å². The van der Waals surface area contributed by atoms with Crippen LogP contribution >= 0.6 is 0 Å². The highest BCUT2D eigenvalue weighted by Gasteiger charge is 2.48. The number of hydrogen-bond donors (Lipinski definition) is 0. The van der Waals surface area contributed by atoms with Gasteiger partial charge in [0.25, 0.3) is 0 Å². The van der Waals surface area contributed by atoms with Crippen LogP contribution in [0.2, 0.25) is 0 Å². The fraction of sp³-hybridized carbons (Fsp3) is 0.0870. The molecule has 0 fully saturated rings. The minimum atomic E-state index is -0.483. The summed E-state index contributed by atoms with van der Waals surface area (Å²) in [5.74, 6) is 0. The van der Waals surface area contributed by atoms with E-state index in [2.05, 4.69) is 354 Å². The van der Waals surface area contributed by atoms with Gasteiger partial charge in [-0.3, -0.25) is 0 Å². The van der Waals surface area contributed by atoms with E-state index in [0.717, 1.165) is 68.9 Å². The lowest BCUT2D eigenvalue weighted by Gasteiger charge is -2.36. The van der Waals surface area contributed by atoms with E-state index >= 15 is 0 Å². The fourth-order valence-electron chi connectivity index (χ4n) is 16.3. The van der Waals surface area contributed by atoms with E-state index in [-0.39, 0.29) is 0 Å². The Balaban J connectivity index is 0.855. The number of hydrogen-bond acceptors (Lipinski definition) is 2. The molecular formula is C92H72N2. The molecular weight excluding hydrogens is 1130 g/mol. The maximum Gasteiger partial charge on any atom is 0.0540 e. The van der Waals surface area contributed by atoms with Crippen LogP contribution in [-0.4, -0.2) is 0 Å². The molecule has 0 N–H and O–H groups in total. The topological polar surface area (TPSA) is 6.48 Å². The fourth-order valence-corrected chi connectivity index (χ4v) is 16.3. The second-order valence-corrected chi connectivity index (χ2v) is 25.9. The van der Waals surface area contributed by atoms with Gasteiger partial charge in [0.15, 0.2) is 0 Å². The molecule has 0 heterocycles. The van der Waals surface area contributed by atoms with Crippen molar-refractivity contribution < 1.29 is 0 Å². The van der Waals surface area contributed by atoms with Crippen LogP contribution in [0.5, 0.6) is 0 Å². The summed E-state index contributed by atoms with van der Waals surface area (Å²) in [7, 11) is 0. The largest absolute Gasteiger partial charge is 0.310 e. The molecule has 0 bridgehead atoms. The zero-order chi connectivity index (χ0) is 63.7. The highest BCUT2D eigenvalue weighted by Crippen LogP contribution is 2.59. The van der Waals surface area contributed by atoms with Crippen molar-refractivity contribution in [2.75, 3.05) is 9.80 Å². The second-order valence-electron chi connectivity index (χ2n) is 25.9. The number of para-hydroxylation sites is 2. The van der Waals surface area contributed by atoms with Crippen molar-refractivity contribution in [3.63, 3.8) is 0 Å². The first kappa shape index (κ1) is 57.8. The third kappa shape index (κ3) is 9.46. The Labute approximate surface area is 553 Å². The maximum atomic E-state index is 4.09. The van der Waals surface area contributed by atoms with Crippen LogP contribution in [-0.2, 0) is 23.7 Å². The molecule has 2 atom stereocenters. The van der Waals surface area contributed by atoms with Crippen LogP contribution < -0.4 is 9.80 Å². The number of rotatable bonds is 15. The Morgan fingerprint density at radius 1 is 0.277 bits per heavy atom. The Bertz CT molecular complexity index is 4960. The second kappa shape index (κ2) is 23.4. The van der Waals surface area contributed by atoms with Gasteiger partial charge in [0.05, 0.1) is 22.2 Å². The molecule has 2 heteroatoms. The normalized spacial score (nSPS) is 15.1. The first-order chi connectivity index (χ1) is 46.1. The van der Waals surface area contributed by atoms with Crippen molar-refractivity contribution in [3.05, 3.63) is 394 Å². The van der Waals surface area contributed by atoms with Crippen LogP contribution in [0.3, 0.4) is 0 Å². The monoisotopic (exact) mass is 1200 g/mol. The minimum absolute atomic E-state index is 0.483. The van der Waals surface area contributed by atoms with Crippen molar-refractivity contribution in [2.45, 2.75) is 51.4 Å².